The number of hydrogen-bond acceptors (Lipinski definition) is 4. The lowest BCUT2D eigenvalue weighted by Crippen LogP contribution is -1.96. The van der Waals surface area contributed by atoms with E-state index >= 15 is 0 Å². The van der Waals surface area contributed by atoms with Crippen LogP contribution in [0.15, 0.2) is 65.1 Å². The standard InChI is InChI=1S/C17H14N4OS/c18-21-19-10-14-12-23-17(20-14)15-8-4-5-9-16(15)22-11-13-6-2-1-3-7-13/h1-9,12H,10-11H2. The summed E-state index contributed by atoms with van der Waals surface area (Å²) in [5, 5.41) is 6.30. The number of azide groups is 1. The van der Waals surface area contributed by atoms with E-state index in [1.165, 1.54) is 11.3 Å². The maximum Gasteiger partial charge on any atom is 0.130 e. The highest BCUT2D eigenvalue weighted by molar-refractivity contribution is 7.13. The predicted molar refractivity (Wildman–Crippen MR) is 91.2 cm³/mol. The lowest BCUT2D eigenvalue weighted by Gasteiger charge is -2.10. The summed E-state index contributed by atoms with van der Waals surface area (Å²) in [6.07, 6.45) is 0. The molecule has 2 aromatic carbocycles. The molecule has 114 valence electrons. The van der Waals surface area contributed by atoms with Gasteiger partial charge in [-0.1, -0.05) is 47.6 Å². The Bertz CT molecular complexity index is 825. The zero-order valence-electron chi connectivity index (χ0n) is 12.3. The van der Waals surface area contributed by atoms with Crippen LogP contribution in [0.2, 0.25) is 0 Å². The fraction of sp³-hybridized carbons (Fsp3) is 0.118. The van der Waals surface area contributed by atoms with E-state index in [-0.39, 0.29) is 6.54 Å². The molecule has 0 saturated carbocycles. The van der Waals surface area contributed by atoms with Crippen molar-refractivity contribution in [1.82, 2.24) is 4.98 Å². The second-order valence-corrected chi connectivity index (χ2v) is 5.66. The van der Waals surface area contributed by atoms with Crippen LogP contribution < -0.4 is 4.74 Å². The van der Waals surface area contributed by atoms with Crippen LogP contribution in [0, 0.1) is 0 Å². The van der Waals surface area contributed by atoms with E-state index in [0.29, 0.717) is 6.61 Å². The first kappa shape index (κ1) is 15.1. The number of ether oxygens (including phenoxy) is 1. The third kappa shape index (κ3) is 3.88. The van der Waals surface area contributed by atoms with Crippen LogP contribution in [-0.4, -0.2) is 4.98 Å². The number of aromatic nitrogens is 1. The van der Waals surface area contributed by atoms with E-state index in [1.807, 2.05) is 60.0 Å². The predicted octanol–water partition coefficient (Wildman–Crippen LogP) is 5.20. The first-order valence-corrected chi connectivity index (χ1v) is 7.96. The average molecular weight is 322 g/mol. The largest absolute Gasteiger partial charge is 0.488 e. The van der Waals surface area contributed by atoms with E-state index < -0.39 is 0 Å². The van der Waals surface area contributed by atoms with Crippen LogP contribution >= 0.6 is 11.3 Å². The van der Waals surface area contributed by atoms with E-state index in [4.69, 9.17) is 10.3 Å². The molecule has 0 fully saturated rings. The van der Waals surface area contributed by atoms with Crippen molar-refractivity contribution in [2.75, 3.05) is 0 Å². The highest BCUT2D eigenvalue weighted by Crippen LogP contribution is 2.32. The lowest BCUT2D eigenvalue weighted by atomic mass is 10.2. The molecule has 5 nitrogen and oxygen atoms in total. The molecule has 6 heteroatoms. The van der Waals surface area contributed by atoms with Crippen molar-refractivity contribution >= 4 is 11.3 Å². The Morgan fingerprint density at radius 3 is 2.70 bits per heavy atom. The van der Waals surface area contributed by atoms with E-state index in [9.17, 15) is 0 Å². The zero-order chi connectivity index (χ0) is 15.9. The molecule has 0 aliphatic rings. The van der Waals surface area contributed by atoms with Gasteiger partial charge < -0.3 is 4.74 Å². The first-order valence-electron chi connectivity index (χ1n) is 7.08. The van der Waals surface area contributed by atoms with Crippen LogP contribution in [0.5, 0.6) is 5.75 Å². The maximum atomic E-state index is 8.39. The highest BCUT2D eigenvalue weighted by atomic mass is 32.1. The van der Waals surface area contributed by atoms with Crippen LogP contribution in [0.25, 0.3) is 21.0 Å². The molecular weight excluding hydrogens is 308 g/mol. The smallest absolute Gasteiger partial charge is 0.130 e. The molecule has 3 aromatic rings. The van der Waals surface area contributed by atoms with Gasteiger partial charge in [-0.05, 0) is 23.2 Å². The van der Waals surface area contributed by atoms with Crippen LogP contribution in [-0.2, 0) is 13.2 Å². The molecule has 3 rings (SSSR count). The molecule has 0 aliphatic carbocycles. The molecule has 0 N–H and O–H groups in total. The summed E-state index contributed by atoms with van der Waals surface area (Å²) in [7, 11) is 0. The normalized spacial score (nSPS) is 10.1. The Kier molecular flexibility index (Phi) is 4.88. The first-order chi connectivity index (χ1) is 11.4. The topological polar surface area (TPSA) is 70.9 Å². The van der Waals surface area contributed by atoms with Crippen molar-refractivity contribution in [3.8, 4) is 16.3 Å². The molecule has 0 spiro atoms. The summed E-state index contributed by atoms with van der Waals surface area (Å²) in [6.45, 7) is 0.773. The van der Waals surface area contributed by atoms with Crippen molar-refractivity contribution < 1.29 is 4.74 Å². The Balaban J connectivity index is 1.80. The molecule has 1 heterocycles. The van der Waals surface area contributed by atoms with E-state index in [0.717, 1.165) is 27.6 Å². The van der Waals surface area contributed by atoms with Gasteiger partial charge in [0.25, 0.3) is 0 Å². The number of benzene rings is 2. The fourth-order valence-electron chi connectivity index (χ4n) is 2.11. The summed E-state index contributed by atoms with van der Waals surface area (Å²) in [6, 6.07) is 17.9. The molecule has 0 saturated heterocycles. The van der Waals surface area contributed by atoms with Gasteiger partial charge >= 0.3 is 0 Å². The maximum absolute atomic E-state index is 8.39. The van der Waals surface area contributed by atoms with E-state index in [1.54, 1.807) is 0 Å². The van der Waals surface area contributed by atoms with Gasteiger partial charge in [0.2, 0.25) is 0 Å². The van der Waals surface area contributed by atoms with E-state index in [2.05, 4.69) is 15.0 Å². The monoisotopic (exact) mass is 322 g/mol. The van der Waals surface area contributed by atoms with Crippen LogP contribution in [0.1, 0.15) is 11.3 Å². The number of rotatable bonds is 6. The third-order valence-corrected chi connectivity index (χ3v) is 4.13. The minimum absolute atomic E-state index is 0.264. The highest BCUT2D eigenvalue weighted by Gasteiger charge is 2.10. The van der Waals surface area contributed by atoms with Gasteiger partial charge in [-0.15, -0.1) is 11.3 Å². The van der Waals surface area contributed by atoms with Crippen molar-refractivity contribution in [1.29, 1.82) is 0 Å². The van der Waals surface area contributed by atoms with Gasteiger partial charge in [-0.25, -0.2) is 4.98 Å². The lowest BCUT2D eigenvalue weighted by molar-refractivity contribution is 0.307. The minimum Gasteiger partial charge on any atom is -0.488 e. The van der Waals surface area contributed by atoms with Gasteiger partial charge in [0, 0.05) is 10.3 Å². The molecule has 0 radical (unpaired) electrons. The van der Waals surface area contributed by atoms with Gasteiger partial charge in [-0.2, -0.15) is 0 Å². The molecular formula is C17H14N4OS. The zero-order valence-corrected chi connectivity index (χ0v) is 13.1. The van der Waals surface area contributed by atoms with Gasteiger partial charge in [0.15, 0.2) is 0 Å². The van der Waals surface area contributed by atoms with Gasteiger partial charge in [0.05, 0.1) is 17.8 Å². The third-order valence-electron chi connectivity index (χ3n) is 3.20. The molecule has 0 bridgehead atoms. The second kappa shape index (κ2) is 7.45. The van der Waals surface area contributed by atoms with Crippen molar-refractivity contribution in [3.63, 3.8) is 0 Å². The Labute approximate surface area is 137 Å². The van der Waals surface area contributed by atoms with Crippen LogP contribution in [0.3, 0.4) is 0 Å². The quantitative estimate of drug-likeness (QED) is 0.355. The van der Waals surface area contributed by atoms with Crippen molar-refractivity contribution in [2.24, 2.45) is 5.11 Å². The molecule has 0 aliphatic heterocycles. The number of para-hydroxylation sites is 1. The number of nitrogens with zero attached hydrogens (tertiary/aromatic N) is 4. The molecule has 0 atom stereocenters. The number of hydrogen-bond donors (Lipinski definition) is 0. The van der Waals surface area contributed by atoms with Gasteiger partial charge in [0.1, 0.15) is 17.4 Å². The summed E-state index contributed by atoms with van der Waals surface area (Å²) in [4.78, 5) is 7.27. The summed E-state index contributed by atoms with van der Waals surface area (Å²) in [5.74, 6) is 0.793. The average Bonchev–Trinajstić information content (AvgIpc) is 3.08. The SMILES string of the molecule is [N-]=[N+]=NCc1csc(-c2ccccc2OCc2ccccc2)n1. The summed E-state index contributed by atoms with van der Waals surface area (Å²) >= 11 is 1.51. The minimum atomic E-state index is 0.264. The Morgan fingerprint density at radius 1 is 1.09 bits per heavy atom. The second-order valence-electron chi connectivity index (χ2n) is 4.80. The number of thiazole rings is 1. The van der Waals surface area contributed by atoms with Gasteiger partial charge in [-0.3, -0.25) is 0 Å². The molecule has 0 amide bonds. The summed E-state index contributed by atoms with van der Waals surface area (Å²) < 4.78 is 5.95. The molecule has 1 aromatic heterocycles. The molecule has 0 unspecified atom stereocenters. The van der Waals surface area contributed by atoms with Crippen molar-refractivity contribution in [3.05, 3.63) is 81.7 Å². The Hall–Kier alpha value is -2.82. The summed E-state index contributed by atoms with van der Waals surface area (Å²) in [5.41, 5.74) is 11.2. The van der Waals surface area contributed by atoms with Crippen LogP contribution in [0.4, 0.5) is 0 Å². The Morgan fingerprint density at radius 2 is 1.87 bits per heavy atom. The van der Waals surface area contributed by atoms with Crippen molar-refractivity contribution in [2.45, 2.75) is 13.2 Å². The fourth-order valence-corrected chi connectivity index (χ4v) is 2.95. The molecule has 23 heavy (non-hydrogen) atoms.